The summed E-state index contributed by atoms with van der Waals surface area (Å²) in [5.74, 6) is -6.50. The van der Waals surface area contributed by atoms with E-state index >= 15 is 0 Å². The van der Waals surface area contributed by atoms with E-state index in [0.29, 0.717) is 18.4 Å². The second-order valence-corrected chi connectivity index (χ2v) is 12.2. The molecule has 3 rings (SSSR count). The van der Waals surface area contributed by atoms with Crippen LogP contribution in [0.4, 0.5) is 5.69 Å². The highest BCUT2D eigenvalue weighted by atomic mass is 16.6. The fraction of sp³-hybridized carbons (Fsp3) is 0.471. The van der Waals surface area contributed by atoms with E-state index in [4.69, 9.17) is 18.9 Å². The van der Waals surface area contributed by atoms with Crippen LogP contribution in [0.2, 0.25) is 0 Å². The van der Waals surface area contributed by atoms with Gasteiger partial charge in [-0.25, -0.2) is 14.4 Å². The number of para-hydroxylation sites is 1. The summed E-state index contributed by atoms with van der Waals surface area (Å²) >= 11 is 0. The van der Waals surface area contributed by atoms with E-state index < -0.39 is 83.4 Å². The molecule has 7 atom stereocenters. The number of carbonyl (C=O) groups excluding carboxylic acids is 6. The SMILES string of the molecule is CC[C@H](C)[C@@H]1OC(=O)C(C)(C)[C@@H](O)[C@@H](Cc2ccccc2)OC(=O)[C@@H](C)OC(=O)[C@H](NC(=O)c2cccc(NC=O)c2O)[C@@H](C)OC1=O. The Kier molecular flexibility index (Phi) is 12.7. The van der Waals surface area contributed by atoms with Gasteiger partial charge < -0.3 is 39.8 Å². The molecular formula is C34H42N2O12. The van der Waals surface area contributed by atoms with E-state index in [2.05, 4.69) is 10.6 Å². The summed E-state index contributed by atoms with van der Waals surface area (Å²) in [4.78, 5) is 78.1. The molecule has 0 unspecified atom stereocenters. The zero-order valence-corrected chi connectivity index (χ0v) is 27.6. The van der Waals surface area contributed by atoms with E-state index in [9.17, 15) is 39.0 Å². The summed E-state index contributed by atoms with van der Waals surface area (Å²) in [6, 6.07) is 10.9. The van der Waals surface area contributed by atoms with Gasteiger partial charge in [-0.15, -0.1) is 0 Å². The van der Waals surface area contributed by atoms with Gasteiger partial charge in [-0.1, -0.05) is 50.2 Å². The van der Waals surface area contributed by atoms with Crippen molar-refractivity contribution in [3.05, 3.63) is 59.7 Å². The van der Waals surface area contributed by atoms with Gasteiger partial charge in [0.25, 0.3) is 5.91 Å². The van der Waals surface area contributed by atoms with Crippen molar-refractivity contribution in [1.82, 2.24) is 5.32 Å². The molecule has 0 radical (unpaired) electrons. The molecule has 2 aromatic rings. The van der Waals surface area contributed by atoms with Crippen LogP contribution in [-0.2, 0) is 49.3 Å². The number of phenolic OH excluding ortho intramolecular Hbond substituents is 1. The zero-order valence-electron chi connectivity index (χ0n) is 27.6. The quantitative estimate of drug-likeness (QED) is 0.138. The summed E-state index contributed by atoms with van der Waals surface area (Å²) in [6.07, 6.45) is -6.88. The second kappa shape index (κ2) is 16.2. The molecule has 14 heteroatoms. The van der Waals surface area contributed by atoms with Crippen LogP contribution in [0, 0.1) is 11.3 Å². The highest BCUT2D eigenvalue weighted by Crippen LogP contribution is 2.31. The summed E-state index contributed by atoms with van der Waals surface area (Å²) < 4.78 is 22.2. The topological polar surface area (TPSA) is 204 Å². The number of benzene rings is 2. The summed E-state index contributed by atoms with van der Waals surface area (Å²) in [5.41, 5.74) is -1.48. The van der Waals surface area contributed by atoms with E-state index in [1.807, 2.05) is 0 Å². The fourth-order valence-corrected chi connectivity index (χ4v) is 4.88. The molecule has 1 heterocycles. The van der Waals surface area contributed by atoms with E-state index in [-0.39, 0.29) is 17.7 Å². The Balaban J connectivity index is 2.05. The number of anilines is 1. The van der Waals surface area contributed by atoms with Gasteiger partial charge in [0.2, 0.25) is 12.5 Å². The van der Waals surface area contributed by atoms with Gasteiger partial charge in [0.15, 0.2) is 17.9 Å². The van der Waals surface area contributed by atoms with Gasteiger partial charge in [0.05, 0.1) is 16.7 Å². The van der Waals surface area contributed by atoms with Crippen molar-refractivity contribution in [1.29, 1.82) is 0 Å². The van der Waals surface area contributed by atoms with E-state index in [1.165, 1.54) is 45.9 Å². The third-order valence-corrected chi connectivity index (χ3v) is 8.22. The number of ether oxygens (including phenoxy) is 4. The van der Waals surface area contributed by atoms with Crippen LogP contribution >= 0.6 is 0 Å². The van der Waals surface area contributed by atoms with E-state index in [0.717, 1.165) is 0 Å². The minimum atomic E-state index is -1.75. The lowest BCUT2D eigenvalue weighted by molar-refractivity contribution is -0.190. The first-order valence-electron chi connectivity index (χ1n) is 15.5. The number of hydrogen-bond donors (Lipinski definition) is 4. The van der Waals surface area contributed by atoms with Gasteiger partial charge in [-0.05, 0) is 51.8 Å². The van der Waals surface area contributed by atoms with Crippen molar-refractivity contribution in [3.63, 3.8) is 0 Å². The molecule has 0 aliphatic carbocycles. The molecule has 1 fully saturated rings. The Morgan fingerprint density at radius 2 is 1.60 bits per heavy atom. The molecule has 0 saturated carbocycles. The molecule has 0 bridgehead atoms. The Morgan fingerprint density at radius 3 is 2.23 bits per heavy atom. The number of aliphatic hydroxyl groups excluding tert-OH is 1. The van der Waals surface area contributed by atoms with Crippen LogP contribution in [0.1, 0.15) is 63.9 Å². The number of esters is 4. The van der Waals surface area contributed by atoms with Crippen LogP contribution in [0.25, 0.3) is 0 Å². The van der Waals surface area contributed by atoms with Crippen LogP contribution in [0.5, 0.6) is 5.75 Å². The number of rotatable bonds is 8. The molecule has 0 aromatic heterocycles. The van der Waals surface area contributed by atoms with Crippen molar-refractivity contribution < 1.29 is 57.9 Å². The first kappa shape index (κ1) is 37.5. The predicted octanol–water partition coefficient (Wildman–Crippen LogP) is 2.44. The standard InChI is InChI=1S/C34H42N2O12/c1-7-18(2)27-32(43)45-19(3)25(36-29(40)22-14-11-15-23(26(22)38)35-17-37)31(42)46-20(4)30(41)47-24(16-21-12-9-8-10-13-21)28(39)34(5,6)33(44)48-27/h8-15,17-20,24-25,27-28,38-39H,7,16H2,1-6H3,(H,35,37)(H,36,40)/t18-,19+,20+,24+,25+,27-,28-/m0/s1. The lowest BCUT2D eigenvalue weighted by Crippen LogP contribution is -2.52. The van der Waals surface area contributed by atoms with Gasteiger partial charge in [0, 0.05) is 12.3 Å². The Morgan fingerprint density at radius 1 is 0.938 bits per heavy atom. The third kappa shape index (κ3) is 8.88. The molecule has 14 nitrogen and oxygen atoms in total. The maximum atomic E-state index is 13.6. The van der Waals surface area contributed by atoms with Crippen molar-refractivity contribution in [2.45, 2.75) is 90.9 Å². The number of cyclic esters (lactones) is 4. The molecule has 1 aliphatic rings. The second-order valence-electron chi connectivity index (χ2n) is 12.2. The average molecular weight is 671 g/mol. The third-order valence-electron chi connectivity index (χ3n) is 8.22. The van der Waals surface area contributed by atoms with Gasteiger partial charge in [-0.2, -0.15) is 0 Å². The molecule has 4 N–H and O–H groups in total. The zero-order chi connectivity index (χ0) is 35.8. The molecular weight excluding hydrogens is 628 g/mol. The maximum absolute atomic E-state index is 13.6. The number of aromatic hydroxyl groups is 1. The average Bonchev–Trinajstić information content (AvgIpc) is 3.05. The lowest BCUT2D eigenvalue weighted by atomic mass is 9.81. The summed E-state index contributed by atoms with van der Waals surface area (Å²) in [5, 5.41) is 26.6. The Bertz CT molecular complexity index is 1490. The van der Waals surface area contributed by atoms with Crippen molar-refractivity contribution in [2.75, 3.05) is 5.32 Å². The number of hydrogen-bond acceptors (Lipinski definition) is 12. The van der Waals surface area contributed by atoms with Crippen LogP contribution in [-0.4, -0.2) is 83.0 Å². The first-order chi connectivity index (χ1) is 22.6. The Labute approximate surface area is 278 Å². The molecule has 48 heavy (non-hydrogen) atoms. The highest BCUT2D eigenvalue weighted by molar-refractivity contribution is 6.01. The normalized spacial score (nSPS) is 25.9. The first-order valence-corrected chi connectivity index (χ1v) is 15.5. The van der Waals surface area contributed by atoms with Gasteiger partial charge in [-0.3, -0.25) is 14.4 Å². The molecule has 2 amide bonds. The van der Waals surface area contributed by atoms with Crippen molar-refractivity contribution >= 4 is 41.9 Å². The lowest BCUT2D eigenvalue weighted by Gasteiger charge is -2.35. The summed E-state index contributed by atoms with van der Waals surface area (Å²) in [6.45, 7) is 8.64. The smallest absolute Gasteiger partial charge is 0.348 e. The molecule has 0 spiro atoms. The molecule has 2 aromatic carbocycles. The number of nitrogens with one attached hydrogen (secondary N) is 2. The van der Waals surface area contributed by atoms with Crippen LogP contribution in [0.3, 0.4) is 0 Å². The molecule has 1 aliphatic heterocycles. The van der Waals surface area contributed by atoms with Crippen LogP contribution < -0.4 is 10.6 Å². The van der Waals surface area contributed by atoms with Gasteiger partial charge in [0.1, 0.15) is 18.3 Å². The number of phenols is 1. The highest BCUT2D eigenvalue weighted by Gasteiger charge is 2.47. The largest absolute Gasteiger partial charge is 0.505 e. The number of carbonyl (C=O) groups is 6. The maximum Gasteiger partial charge on any atom is 0.348 e. The monoisotopic (exact) mass is 670 g/mol. The Hall–Kier alpha value is -4.98. The summed E-state index contributed by atoms with van der Waals surface area (Å²) in [7, 11) is 0. The van der Waals surface area contributed by atoms with Gasteiger partial charge >= 0.3 is 23.9 Å². The fourth-order valence-electron chi connectivity index (χ4n) is 4.88. The molecule has 1 saturated heterocycles. The van der Waals surface area contributed by atoms with Crippen LogP contribution in [0.15, 0.2) is 48.5 Å². The minimum absolute atomic E-state index is 0.0286. The number of aliphatic hydroxyl groups is 1. The van der Waals surface area contributed by atoms with Crippen molar-refractivity contribution in [2.24, 2.45) is 11.3 Å². The van der Waals surface area contributed by atoms with E-state index in [1.54, 1.807) is 44.2 Å². The minimum Gasteiger partial charge on any atom is -0.505 e. The number of amides is 2. The predicted molar refractivity (Wildman–Crippen MR) is 169 cm³/mol. The van der Waals surface area contributed by atoms with Crippen molar-refractivity contribution in [3.8, 4) is 5.75 Å². The molecule has 260 valence electrons.